The highest BCUT2D eigenvalue weighted by molar-refractivity contribution is 5.28. The van der Waals surface area contributed by atoms with Gasteiger partial charge in [-0.2, -0.15) is 5.26 Å². The Morgan fingerprint density at radius 1 is 1.36 bits per heavy atom. The van der Waals surface area contributed by atoms with E-state index in [9.17, 15) is 0 Å². The predicted molar refractivity (Wildman–Crippen MR) is 88.7 cm³/mol. The summed E-state index contributed by atoms with van der Waals surface area (Å²) < 4.78 is 5.67. The van der Waals surface area contributed by atoms with Crippen molar-refractivity contribution in [3.05, 3.63) is 29.8 Å². The second kappa shape index (κ2) is 9.45. The zero-order valence-electron chi connectivity index (χ0n) is 13.6. The number of nitrogens with zero attached hydrogens (tertiary/aromatic N) is 2. The van der Waals surface area contributed by atoms with Crippen molar-refractivity contribution in [2.75, 3.05) is 33.3 Å². The van der Waals surface area contributed by atoms with Gasteiger partial charge in [0.05, 0.1) is 12.7 Å². The van der Waals surface area contributed by atoms with Crippen LogP contribution in [0.1, 0.15) is 31.2 Å². The van der Waals surface area contributed by atoms with Gasteiger partial charge in [-0.25, -0.2) is 0 Å². The van der Waals surface area contributed by atoms with Crippen LogP contribution >= 0.6 is 0 Å². The molecule has 0 saturated carbocycles. The topological polar surface area (TPSA) is 48.3 Å². The molecule has 0 radical (unpaired) electrons. The summed E-state index contributed by atoms with van der Waals surface area (Å²) in [6, 6.07) is 10.4. The highest BCUT2D eigenvalue weighted by Crippen LogP contribution is 2.16. The molecule has 0 atom stereocenters. The van der Waals surface area contributed by atoms with Gasteiger partial charge in [-0.15, -0.1) is 0 Å². The van der Waals surface area contributed by atoms with Crippen LogP contribution in [0.3, 0.4) is 0 Å². The minimum absolute atomic E-state index is 0.553. The maximum absolute atomic E-state index is 8.51. The number of unbranched alkanes of at least 4 members (excludes halogenated alkanes) is 1. The SMILES string of the molecule is CN1CCC(CNCc2cccc(OCCCC#N)c2)CC1. The van der Waals surface area contributed by atoms with Crippen molar-refractivity contribution >= 4 is 0 Å². The molecule has 1 aliphatic heterocycles. The van der Waals surface area contributed by atoms with E-state index in [2.05, 4.69) is 35.5 Å². The normalized spacial score (nSPS) is 16.4. The van der Waals surface area contributed by atoms with E-state index in [-0.39, 0.29) is 0 Å². The zero-order chi connectivity index (χ0) is 15.6. The third-order valence-corrected chi connectivity index (χ3v) is 4.20. The van der Waals surface area contributed by atoms with E-state index in [1.54, 1.807) is 0 Å². The van der Waals surface area contributed by atoms with E-state index in [1.165, 1.54) is 31.5 Å². The van der Waals surface area contributed by atoms with Gasteiger partial charge in [0, 0.05) is 13.0 Å². The molecule has 1 aromatic rings. The molecule has 1 aromatic carbocycles. The number of likely N-dealkylation sites (tertiary alicyclic amines) is 1. The summed E-state index contributed by atoms with van der Waals surface area (Å²) in [6.07, 6.45) is 3.93. The molecule has 0 bridgehead atoms. The predicted octanol–water partition coefficient (Wildman–Crippen LogP) is 2.80. The Balaban J connectivity index is 1.68. The molecule has 1 N–H and O–H groups in total. The number of nitrogens with one attached hydrogen (secondary N) is 1. The molecule has 4 heteroatoms. The maximum atomic E-state index is 8.51. The van der Waals surface area contributed by atoms with Gasteiger partial charge in [-0.1, -0.05) is 12.1 Å². The first-order chi connectivity index (χ1) is 10.8. The first-order valence-electron chi connectivity index (χ1n) is 8.26. The van der Waals surface area contributed by atoms with E-state index >= 15 is 0 Å². The first kappa shape index (κ1) is 16.8. The average Bonchev–Trinajstić information content (AvgIpc) is 2.54. The summed E-state index contributed by atoms with van der Waals surface area (Å²) in [6.45, 7) is 5.04. The summed E-state index contributed by atoms with van der Waals surface area (Å²) in [7, 11) is 2.20. The number of ether oxygens (including phenoxy) is 1. The van der Waals surface area contributed by atoms with Gasteiger partial charge in [0.25, 0.3) is 0 Å². The van der Waals surface area contributed by atoms with Crippen LogP contribution in [0.25, 0.3) is 0 Å². The lowest BCUT2D eigenvalue weighted by Gasteiger charge is -2.29. The van der Waals surface area contributed by atoms with Crippen LogP contribution in [0.5, 0.6) is 5.75 Å². The monoisotopic (exact) mass is 301 g/mol. The fourth-order valence-electron chi connectivity index (χ4n) is 2.77. The molecule has 0 spiro atoms. The van der Waals surface area contributed by atoms with E-state index < -0.39 is 0 Å². The summed E-state index contributed by atoms with van der Waals surface area (Å²) in [5.74, 6) is 1.71. The minimum Gasteiger partial charge on any atom is -0.494 e. The molecule has 0 amide bonds. The fraction of sp³-hybridized carbons (Fsp3) is 0.611. The van der Waals surface area contributed by atoms with Crippen LogP contribution in [0.15, 0.2) is 24.3 Å². The zero-order valence-corrected chi connectivity index (χ0v) is 13.6. The van der Waals surface area contributed by atoms with Crippen molar-refractivity contribution in [3.63, 3.8) is 0 Å². The number of nitriles is 1. The quantitative estimate of drug-likeness (QED) is 0.750. The smallest absolute Gasteiger partial charge is 0.119 e. The van der Waals surface area contributed by atoms with Crippen molar-refractivity contribution in [2.24, 2.45) is 5.92 Å². The van der Waals surface area contributed by atoms with Crippen LogP contribution in [0.2, 0.25) is 0 Å². The molecule has 1 aliphatic rings. The number of hydrogen-bond acceptors (Lipinski definition) is 4. The Morgan fingerprint density at radius 2 is 2.18 bits per heavy atom. The Hall–Kier alpha value is -1.57. The van der Waals surface area contributed by atoms with E-state index in [4.69, 9.17) is 10.00 Å². The molecule has 22 heavy (non-hydrogen) atoms. The molecule has 120 valence electrons. The molecule has 0 aliphatic carbocycles. The van der Waals surface area contributed by atoms with Crippen LogP contribution in [0.4, 0.5) is 0 Å². The van der Waals surface area contributed by atoms with Gasteiger partial charge >= 0.3 is 0 Å². The number of piperidine rings is 1. The van der Waals surface area contributed by atoms with Crippen LogP contribution < -0.4 is 10.1 Å². The van der Waals surface area contributed by atoms with Crippen LogP contribution in [-0.4, -0.2) is 38.2 Å². The summed E-state index contributed by atoms with van der Waals surface area (Å²) in [5, 5.41) is 12.1. The van der Waals surface area contributed by atoms with Gasteiger partial charge in [0.1, 0.15) is 5.75 Å². The molecular formula is C18H27N3O. The second-order valence-electron chi connectivity index (χ2n) is 6.14. The summed E-state index contributed by atoms with van der Waals surface area (Å²) in [4.78, 5) is 2.41. The Labute approximate surface area is 134 Å². The fourth-order valence-corrected chi connectivity index (χ4v) is 2.77. The van der Waals surface area contributed by atoms with Gasteiger partial charge < -0.3 is 15.0 Å². The minimum atomic E-state index is 0.553. The Kier molecular flexibility index (Phi) is 7.21. The van der Waals surface area contributed by atoms with Gasteiger partial charge in [0.15, 0.2) is 0 Å². The third-order valence-electron chi connectivity index (χ3n) is 4.20. The van der Waals surface area contributed by atoms with Gasteiger partial charge in [-0.3, -0.25) is 0 Å². The van der Waals surface area contributed by atoms with Gasteiger partial charge in [-0.05, 0) is 69.6 Å². The van der Waals surface area contributed by atoms with Crippen molar-refractivity contribution in [3.8, 4) is 11.8 Å². The number of rotatable bonds is 8. The third kappa shape index (κ3) is 6.05. The lowest BCUT2D eigenvalue weighted by atomic mass is 9.97. The molecule has 1 heterocycles. The number of hydrogen-bond donors (Lipinski definition) is 1. The average molecular weight is 301 g/mol. The molecule has 0 aromatic heterocycles. The lowest BCUT2D eigenvalue weighted by Crippen LogP contribution is -2.34. The van der Waals surface area contributed by atoms with Crippen molar-refractivity contribution < 1.29 is 4.74 Å². The van der Waals surface area contributed by atoms with E-state index in [1.807, 2.05) is 12.1 Å². The van der Waals surface area contributed by atoms with Crippen LogP contribution in [-0.2, 0) is 6.54 Å². The first-order valence-corrected chi connectivity index (χ1v) is 8.26. The maximum Gasteiger partial charge on any atom is 0.119 e. The molecule has 2 rings (SSSR count). The molecule has 0 unspecified atom stereocenters. The second-order valence-corrected chi connectivity index (χ2v) is 6.14. The molecular weight excluding hydrogens is 274 g/mol. The largest absolute Gasteiger partial charge is 0.494 e. The Bertz CT molecular complexity index is 475. The van der Waals surface area contributed by atoms with E-state index in [0.717, 1.165) is 31.2 Å². The molecule has 1 fully saturated rings. The Morgan fingerprint density at radius 3 is 2.95 bits per heavy atom. The standard InChI is InChI=1S/C18H27N3O/c1-21-10-7-16(8-11-21)14-20-15-17-5-4-6-18(13-17)22-12-3-2-9-19/h4-6,13,16,20H,2-3,7-8,10-12,14-15H2,1H3. The van der Waals surface area contributed by atoms with Crippen LogP contribution in [0, 0.1) is 17.2 Å². The highest BCUT2D eigenvalue weighted by atomic mass is 16.5. The highest BCUT2D eigenvalue weighted by Gasteiger charge is 2.15. The summed E-state index contributed by atoms with van der Waals surface area (Å²) >= 11 is 0. The molecule has 1 saturated heterocycles. The van der Waals surface area contributed by atoms with Gasteiger partial charge in [0.2, 0.25) is 0 Å². The lowest BCUT2D eigenvalue weighted by molar-refractivity contribution is 0.216. The summed E-state index contributed by atoms with van der Waals surface area (Å²) in [5.41, 5.74) is 1.26. The number of benzene rings is 1. The van der Waals surface area contributed by atoms with Crippen molar-refractivity contribution in [1.82, 2.24) is 10.2 Å². The van der Waals surface area contributed by atoms with Crippen molar-refractivity contribution in [2.45, 2.75) is 32.2 Å². The molecule has 4 nitrogen and oxygen atoms in total. The van der Waals surface area contributed by atoms with Crippen molar-refractivity contribution in [1.29, 1.82) is 5.26 Å². The van der Waals surface area contributed by atoms with E-state index in [0.29, 0.717) is 13.0 Å².